The van der Waals surface area contributed by atoms with Gasteiger partial charge in [0.15, 0.2) is 5.69 Å². The van der Waals surface area contributed by atoms with Gasteiger partial charge < -0.3 is 5.11 Å². The molecule has 0 amide bonds. The monoisotopic (exact) mass is 257 g/mol. The van der Waals surface area contributed by atoms with Gasteiger partial charge in [0.1, 0.15) is 5.82 Å². The Morgan fingerprint density at radius 2 is 2.12 bits per heavy atom. The van der Waals surface area contributed by atoms with E-state index in [1.54, 1.807) is 0 Å². The van der Waals surface area contributed by atoms with Gasteiger partial charge in [0.25, 0.3) is 0 Å². The van der Waals surface area contributed by atoms with Crippen LogP contribution in [-0.4, -0.2) is 30.5 Å². The molecule has 0 unspecified atom stereocenters. The molecule has 0 bridgehead atoms. The molecule has 0 radical (unpaired) electrons. The van der Waals surface area contributed by atoms with Crippen molar-refractivity contribution in [1.82, 2.24) is 9.71 Å². The molecular formula is C9H11N3O4S. The van der Waals surface area contributed by atoms with Crippen molar-refractivity contribution in [1.29, 1.82) is 0 Å². The van der Waals surface area contributed by atoms with E-state index in [9.17, 15) is 13.2 Å². The normalized spacial score (nSPS) is 15.5. The molecule has 0 aliphatic heterocycles. The molecule has 1 aliphatic rings. The average molecular weight is 257 g/mol. The lowest BCUT2D eigenvalue weighted by Crippen LogP contribution is -2.32. The molecule has 3 N–H and O–H groups in total. The molecule has 0 atom stereocenters. The predicted molar refractivity (Wildman–Crippen MR) is 59.9 cm³/mol. The van der Waals surface area contributed by atoms with Crippen molar-refractivity contribution < 1.29 is 18.3 Å². The van der Waals surface area contributed by atoms with Crippen LogP contribution in [-0.2, 0) is 10.2 Å². The fourth-order valence-corrected chi connectivity index (χ4v) is 2.32. The summed E-state index contributed by atoms with van der Waals surface area (Å²) in [5, 5.41) is 8.71. The molecule has 1 aliphatic carbocycles. The maximum Gasteiger partial charge on any atom is 0.354 e. The van der Waals surface area contributed by atoms with Crippen LogP contribution in [0.2, 0.25) is 0 Å². The second-order valence-corrected chi connectivity index (χ2v) is 5.16. The van der Waals surface area contributed by atoms with E-state index in [-0.39, 0.29) is 17.6 Å². The van der Waals surface area contributed by atoms with Crippen molar-refractivity contribution in [2.45, 2.75) is 18.9 Å². The minimum Gasteiger partial charge on any atom is -0.477 e. The molecule has 1 saturated carbocycles. The van der Waals surface area contributed by atoms with Gasteiger partial charge in [-0.1, -0.05) is 6.07 Å². The highest BCUT2D eigenvalue weighted by molar-refractivity contribution is 7.90. The Balaban J connectivity index is 2.12. The van der Waals surface area contributed by atoms with E-state index in [1.807, 2.05) is 0 Å². The summed E-state index contributed by atoms with van der Waals surface area (Å²) in [6, 6.07) is 4.08. The molecule has 1 fully saturated rings. The Morgan fingerprint density at radius 1 is 1.41 bits per heavy atom. The first-order valence-corrected chi connectivity index (χ1v) is 6.45. The maximum atomic E-state index is 11.5. The number of aromatic carboxylic acids is 1. The van der Waals surface area contributed by atoms with Crippen molar-refractivity contribution in [3.8, 4) is 0 Å². The number of pyridine rings is 1. The first-order chi connectivity index (χ1) is 7.96. The summed E-state index contributed by atoms with van der Waals surface area (Å²) in [7, 11) is -3.67. The lowest BCUT2D eigenvalue weighted by molar-refractivity contribution is 0.0690. The third-order valence-corrected chi connectivity index (χ3v) is 3.23. The van der Waals surface area contributed by atoms with Crippen LogP contribution in [0, 0.1) is 0 Å². The van der Waals surface area contributed by atoms with E-state index in [2.05, 4.69) is 14.4 Å². The molecule has 8 heteroatoms. The molecule has 1 aromatic heterocycles. The van der Waals surface area contributed by atoms with Crippen LogP contribution in [0.5, 0.6) is 0 Å². The quantitative estimate of drug-likeness (QED) is 0.697. The number of nitrogens with zero attached hydrogens (tertiary/aromatic N) is 1. The molecule has 92 valence electrons. The number of hydrogen-bond acceptors (Lipinski definition) is 4. The number of carboxylic acid groups (broad SMARTS) is 1. The van der Waals surface area contributed by atoms with Crippen molar-refractivity contribution >= 4 is 22.0 Å². The van der Waals surface area contributed by atoms with Crippen LogP contribution in [0.1, 0.15) is 23.3 Å². The number of rotatable bonds is 5. The Labute approximate surface area is 98.1 Å². The van der Waals surface area contributed by atoms with Gasteiger partial charge >= 0.3 is 16.2 Å². The van der Waals surface area contributed by atoms with Gasteiger partial charge in [0.2, 0.25) is 0 Å². The summed E-state index contributed by atoms with van der Waals surface area (Å²) >= 11 is 0. The van der Waals surface area contributed by atoms with E-state index in [0.717, 1.165) is 12.8 Å². The van der Waals surface area contributed by atoms with E-state index in [4.69, 9.17) is 5.11 Å². The zero-order valence-corrected chi connectivity index (χ0v) is 9.57. The van der Waals surface area contributed by atoms with Crippen molar-refractivity contribution in [2.75, 3.05) is 4.72 Å². The fourth-order valence-electron chi connectivity index (χ4n) is 1.20. The molecular weight excluding hydrogens is 246 g/mol. The zero-order valence-electron chi connectivity index (χ0n) is 8.75. The largest absolute Gasteiger partial charge is 0.477 e. The first kappa shape index (κ1) is 11.8. The average Bonchev–Trinajstić information content (AvgIpc) is 3.00. The molecule has 0 saturated heterocycles. The van der Waals surface area contributed by atoms with Crippen LogP contribution < -0.4 is 9.44 Å². The van der Waals surface area contributed by atoms with Gasteiger partial charge in [-0.15, -0.1) is 0 Å². The van der Waals surface area contributed by atoms with Crippen molar-refractivity contribution in [3.05, 3.63) is 23.9 Å². The topological polar surface area (TPSA) is 108 Å². The number of carbonyl (C=O) groups is 1. The van der Waals surface area contributed by atoms with Gasteiger partial charge in [-0.25, -0.2) is 9.78 Å². The summed E-state index contributed by atoms with van der Waals surface area (Å²) in [6.07, 6.45) is 1.65. The van der Waals surface area contributed by atoms with E-state index >= 15 is 0 Å². The number of hydrogen-bond donors (Lipinski definition) is 3. The number of aromatic nitrogens is 1. The number of nitrogens with one attached hydrogen (secondary N) is 2. The number of anilines is 1. The highest BCUT2D eigenvalue weighted by atomic mass is 32.2. The second-order valence-electron chi connectivity index (χ2n) is 3.71. The fraction of sp³-hybridized carbons (Fsp3) is 0.333. The third-order valence-electron chi connectivity index (χ3n) is 2.11. The molecule has 17 heavy (non-hydrogen) atoms. The van der Waals surface area contributed by atoms with E-state index in [0.29, 0.717) is 0 Å². The summed E-state index contributed by atoms with van der Waals surface area (Å²) in [4.78, 5) is 14.3. The number of carboxylic acids is 1. The molecule has 2 rings (SSSR count). The highest BCUT2D eigenvalue weighted by Gasteiger charge is 2.27. The molecule has 1 aromatic rings. The summed E-state index contributed by atoms with van der Waals surface area (Å²) < 4.78 is 27.6. The van der Waals surface area contributed by atoms with E-state index < -0.39 is 16.2 Å². The zero-order chi connectivity index (χ0) is 12.5. The Kier molecular flexibility index (Phi) is 2.99. The van der Waals surface area contributed by atoms with Crippen LogP contribution in [0.3, 0.4) is 0 Å². The van der Waals surface area contributed by atoms with Crippen molar-refractivity contribution in [3.63, 3.8) is 0 Å². The minimum absolute atomic E-state index is 0.0157. The van der Waals surface area contributed by atoms with Crippen LogP contribution in [0.15, 0.2) is 18.2 Å². The third kappa shape index (κ3) is 3.40. The molecule has 0 spiro atoms. The Morgan fingerprint density at radius 3 is 2.71 bits per heavy atom. The van der Waals surface area contributed by atoms with Gasteiger partial charge in [-0.05, 0) is 25.0 Å². The highest BCUT2D eigenvalue weighted by Crippen LogP contribution is 2.20. The predicted octanol–water partition coefficient (Wildman–Crippen LogP) is 0.188. The first-order valence-electron chi connectivity index (χ1n) is 4.97. The maximum absolute atomic E-state index is 11.5. The second kappa shape index (κ2) is 4.30. The minimum atomic E-state index is -3.67. The smallest absolute Gasteiger partial charge is 0.354 e. The SMILES string of the molecule is O=C(O)c1cccc(NS(=O)(=O)NC2CC2)n1. The lowest BCUT2D eigenvalue weighted by atomic mass is 10.3. The molecule has 1 heterocycles. The Bertz CT molecular complexity index is 539. The van der Waals surface area contributed by atoms with Crippen molar-refractivity contribution in [2.24, 2.45) is 0 Å². The summed E-state index contributed by atoms with van der Waals surface area (Å²) in [5.74, 6) is -1.22. The van der Waals surface area contributed by atoms with Gasteiger partial charge in [-0.2, -0.15) is 13.1 Å². The summed E-state index contributed by atoms with van der Waals surface area (Å²) in [5.41, 5.74) is -0.211. The van der Waals surface area contributed by atoms with Crippen LogP contribution >= 0.6 is 0 Å². The molecule has 7 nitrogen and oxygen atoms in total. The van der Waals surface area contributed by atoms with Gasteiger partial charge in [0, 0.05) is 6.04 Å². The van der Waals surface area contributed by atoms with Gasteiger partial charge in [0.05, 0.1) is 0 Å². The Hall–Kier alpha value is -1.67. The van der Waals surface area contributed by atoms with Crippen LogP contribution in [0.4, 0.5) is 5.82 Å². The summed E-state index contributed by atoms with van der Waals surface area (Å²) in [6.45, 7) is 0. The lowest BCUT2D eigenvalue weighted by Gasteiger charge is -2.07. The van der Waals surface area contributed by atoms with Crippen LogP contribution in [0.25, 0.3) is 0 Å². The van der Waals surface area contributed by atoms with Gasteiger partial charge in [-0.3, -0.25) is 4.72 Å². The van der Waals surface area contributed by atoms with E-state index in [1.165, 1.54) is 18.2 Å². The standard InChI is InChI=1S/C9H11N3O4S/c13-9(14)7-2-1-3-8(10-7)12-17(15,16)11-6-4-5-6/h1-3,6,11H,4-5H2,(H,10,12)(H,13,14). The molecule has 0 aromatic carbocycles.